The van der Waals surface area contributed by atoms with Crippen LogP contribution in [0, 0.1) is 13.8 Å². The number of carbonyl (C=O) groups excluding carboxylic acids is 3. The van der Waals surface area contributed by atoms with Crippen molar-refractivity contribution in [3.63, 3.8) is 0 Å². The van der Waals surface area contributed by atoms with Crippen LogP contribution in [-0.2, 0) is 19.6 Å². The summed E-state index contributed by atoms with van der Waals surface area (Å²) in [6, 6.07) is 0.809. The molecule has 0 unspecified atom stereocenters. The van der Waals surface area contributed by atoms with Gasteiger partial charge in [-0.1, -0.05) is 0 Å². The van der Waals surface area contributed by atoms with Crippen LogP contribution in [0.25, 0.3) is 0 Å². The van der Waals surface area contributed by atoms with E-state index in [0.717, 1.165) is 0 Å². The molecule has 0 bridgehead atoms. The van der Waals surface area contributed by atoms with Crippen LogP contribution < -0.4 is 37.7 Å². The van der Waals surface area contributed by atoms with Crippen molar-refractivity contribution in [1.82, 2.24) is 35.9 Å². The van der Waals surface area contributed by atoms with Gasteiger partial charge in [-0.25, -0.2) is 28.0 Å². The van der Waals surface area contributed by atoms with Crippen LogP contribution in [0.2, 0.25) is 0 Å². The first kappa shape index (κ1) is 29.9. The second-order valence-corrected chi connectivity index (χ2v) is 9.21. The first-order valence-corrected chi connectivity index (χ1v) is 12.5. The molecule has 0 aliphatic rings. The van der Waals surface area contributed by atoms with Crippen LogP contribution in [0.15, 0.2) is 21.7 Å². The number of rotatable bonds is 12. The minimum absolute atomic E-state index is 0.129. The number of carbonyl (C=O) groups is 3. The minimum Gasteiger partial charge on any atom is -0.748 e. The van der Waals surface area contributed by atoms with Gasteiger partial charge in [-0.2, -0.15) is 0 Å². The topological polar surface area (TPSA) is 269 Å². The van der Waals surface area contributed by atoms with Gasteiger partial charge in [0.15, 0.2) is 0 Å². The van der Waals surface area contributed by atoms with E-state index in [9.17, 15) is 36.9 Å². The van der Waals surface area contributed by atoms with E-state index in [4.69, 9.17) is 4.74 Å². The summed E-state index contributed by atoms with van der Waals surface area (Å²) in [6.07, 6.45) is -1.13. The molecule has 0 atom stereocenters. The van der Waals surface area contributed by atoms with E-state index in [1.54, 1.807) is 13.8 Å². The third-order valence-corrected chi connectivity index (χ3v) is 4.98. The number of esters is 1. The fourth-order valence-corrected chi connectivity index (χ4v) is 3.16. The van der Waals surface area contributed by atoms with Crippen molar-refractivity contribution in [3.8, 4) is 0 Å². The van der Waals surface area contributed by atoms with Gasteiger partial charge in [-0.15, -0.1) is 0 Å². The summed E-state index contributed by atoms with van der Waals surface area (Å²) in [5, 5.41) is 11.8. The molecule has 18 nitrogen and oxygen atoms in total. The first-order chi connectivity index (χ1) is 17.8. The number of urea groups is 2. The van der Waals surface area contributed by atoms with Crippen LogP contribution in [0.4, 0.5) is 21.5 Å². The maximum absolute atomic E-state index is 12.2. The van der Waals surface area contributed by atoms with E-state index in [-0.39, 0.29) is 31.5 Å². The number of hydrogen-bond acceptors (Lipinski definition) is 12. The fourth-order valence-electron chi connectivity index (χ4n) is 2.76. The molecule has 0 fully saturated rings. The zero-order valence-corrected chi connectivity index (χ0v) is 21.1. The van der Waals surface area contributed by atoms with E-state index in [0.29, 0.717) is 11.4 Å². The minimum atomic E-state index is -4.47. The number of ether oxygens (including phenoxy) is 1. The highest BCUT2D eigenvalue weighted by atomic mass is 32.2. The molecule has 38 heavy (non-hydrogen) atoms. The quantitative estimate of drug-likeness (QED) is 0.0809. The molecule has 2 aromatic rings. The molecule has 2 rings (SSSR count). The van der Waals surface area contributed by atoms with Gasteiger partial charge in [0.1, 0.15) is 6.10 Å². The molecule has 4 amide bonds. The van der Waals surface area contributed by atoms with Crippen molar-refractivity contribution in [1.29, 1.82) is 0 Å². The lowest BCUT2D eigenvalue weighted by Crippen LogP contribution is -2.45. The zero-order valence-electron chi connectivity index (χ0n) is 20.2. The Morgan fingerprint density at radius 1 is 0.947 bits per heavy atom. The molecule has 0 saturated heterocycles. The summed E-state index contributed by atoms with van der Waals surface area (Å²) in [5.41, 5.74) is -0.270. The predicted octanol–water partition coefficient (Wildman–Crippen LogP) is -2.54. The lowest BCUT2D eigenvalue weighted by molar-refractivity contribution is -0.147. The number of aryl methyl sites for hydroxylation is 2. The highest BCUT2D eigenvalue weighted by molar-refractivity contribution is 7.85. The Balaban J connectivity index is 1.95. The molecule has 7 N–H and O–H groups in total. The lowest BCUT2D eigenvalue weighted by Gasteiger charge is -2.19. The van der Waals surface area contributed by atoms with Gasteiger partial charge in [-0.05, 0) is 13.8 Å². The van der Waals surface area contributed by atoms with Gasteiger partial charge < -0.3 is 25.2 Å². The molecular formula is C19H26N9O9S-. The molecule has 0 saturated carbocycles. The average Bonchev–Trinajstić information content (AvgIpc) is 2.76. The average molecular weight is 557 g/mol. The summed E-state index contributed by atoms with van der Waals surface area (Å²) in [6.45, 7) is 1.70. The maximum atomic E-state index is 12.2. The van der Waals surface area contributed by atoms with E-state index in [1.165, 1.54) is 12.1 Å². The lowest BCUT2D eigenvalue weighted by atomic mass is 10.3. The van der Waals surface area contributed by atoms with Crippen LogP contribution in [0.1, 0.15) is 11.4 Å². The molecule has 0 radical (unpaired) electrons. The number of aromatic nitrogens is 4. The molecule has 2 heterocycles. The van der Waals surface area contributed by atoms with Crippen molar-refractivity contribution < 1.29 is 32.1 Å². The highest BCUT2D eigenvalue weighted by Crippen LogP contribution is 1.98. The summed E-state index contributed by atoms with van der Waals surface area (Å²) in [7, 11) is -4.47. The Labute approximate surface area is 215 Å². The standard InChI is InChI=1S/C19H27N9O9S/c1-10-5-13(29)25-16(23-10)27-18(32)21-7-12(37-15(31)9-20-3-4-38(34,35)36)8-22-19(33)28-17-24-11(2)6-14(30)26-17/h5-6,12,20H,3-4,7-9H2,1-2H3,(H,34,35,36)(H3,21,23,25,27,29,32)(H3,22,24,26,28,30,33)/p-1. The first-order valence-electron chi connectivity index (χ1n) is 10.9. The second-order valence-electron chi connectivity index (χ2n) is 7.69. The number of anilines is 2. The third kappa shape index (κ3) is 12.1. The van der Waals surface area contributed by atoms with Gasteiger partial charge in [0.25, 0.3) is 11.1 Å². The normalized spacial score (nSPS) is 11.1. The molecule has 0 spiro atoms. The zero-order chi connectivity index (χ0) is 28.3. The van der Waals surface area contributed by atoms with Crippen molar-refractivity contribution in [3.05, 3.63) is 44.2 Å². The van der Waals surface area contributed by atoms with Gasteiger partial charge in [-0.3, -0.25) is 35.0 Å². The molecule has 2 aromatic heterocycles. The monoisotopic (exact) mass is 556 g/mol. The molecule has 0 aliphatic heterocycles. The Kier molecular flexibility index (Phi) is 10.9. The number of nitrogens with zero attached hydrogens (tertiary/aromatic N) is 2. The van der Waals surface area contributed by atoms with Gasteiger partial charge in [0, 0.05) is 30.1 Å². The summed E-state index contributed by atoms with van der Waals surface area (Å²) < 4.78 is 37.1. The van der Waals surface area contributed by atoms with E-state index < -0.39 is 57.7 Å². The Bertz CT molecular complexity index is 1300. The molecule has 0 aliphatic carbocycles. The van der Waals surface area contributed by atoms with Gasteiger partial charge >= 0.3 is 18.0 Å². The van der Waals surface area contributed by atoms with Crippen LogP contribution in [-0.4, -0.2) is 89.0 Å². The number of nitrogens with one attached hydrogen (secondary N) is 7. The fraction of sp³-hybridized carbons (Fsp3) is 0.421. The van der Waals surface area contributed by atoms with Crippen LogP contribution in [0.5, 0.6) is 0 Å². The number of aromatic amines is 2. The number of H-pyrrole nitrogens is 2. The van der Waals surface area contributed by atoms with Crippen molar-refractivity contribution in [2.75, 3.05) is 42.6 Å². The summed E-state index contributed by atoms with van der Waals surface area (Å²) in [5.74, 6) is -1.87. The molecule has 19 heteroatoms. The molecule has 208 valence electrons. The largest absolute Gasteiger partial charge is 0.748 e. The second kappa shape index (κ2) is 13.8. The predicted molar refractivity (Wildman–Crippen MR) is 131 cm³/mol. The molecular weight excluding hydrogens is 530 g/mol. The number of hydrogen-bond donors (Lipinski definition) is 7. The number of amides is 4. The highest BCUT2D eigenvalue weighted by Gasteiger charge is 2.18. The van der Waals surface area contributed by atoms with Gasteiger partial charge in [0.2, 0.25) is 11.9 Å². The Morgan fingerprint density at radius 2 is 1.42 bits per heavy atom. The van der Waals surface area contributed by atoms with E-state index in [1.807, 2.05) is 0 Å². The SMILES string of the molecule is Cc1cc(=O)[nH]c(NC(=O)NCC(CNC(=O)Nc2nc(C)cc(=O)[nH]2)OC(=O)CNCCS(=O)(=O)[O-])n1. The van der Waals surface area contributed by atoms with E-state index >= 15 is 0 Å². The van der Waals surface area contributed by atoms with Crippen LogP contribution >= 0.6 is 0 Å². The van der Waals surface area contributed by atoms with Crippen molar-refractivity contribution in [2.24, 2.45) is 0 Å². The van der Waals surface area contributed by atoms with Gasteiger partial charge in [0.05, 0.1) is 35.5 Å². The van der Waals surface area contributed by atoms with E-state index in [2.05, 4.69) is 46.5 Å². The Hall–Kier alpha value is -4.36. The smallest absolute Gasteiger partial charge is 0.321 e. The van der Waals surface area contributed by atoms with Crippen molar-refractivity contribution in [2.45, 2.75) is 20.0 Å². The molecule has 0 aromatic carbocycles. The Morgan fingerprint density at radius 3 is 1.84 bits per heavy atom. The van der Waals surface area contributed by atoms with Crippen molar-refractivity contribution >= 4 is 40.0 Å². The third-order valence-electron chi connectivity index (χ3n) is 4.28. The van der Waals surface area contributed by atoms with Crippen LogP contribution in [0.3, 0.4) is 0 Å². The summed E-state index contributed by atoms with van der Waals surface area (Å²) >= 11 is 0. The summed E-state index contributed by atoms with van der Waals surface area (Å²) in [4.78, 5) is 72.1. The maximum Gasteiger partial charge on any atom is 0.321 e.